The van der Waals surface area contributed by atoms with Crippen LogP contribution in [-0.2, 0) is 10.0 Å². The van der Waals surface area contributed by atoms with E-state index >= 15 is 0 Å². The molecule has 1 heterocycles. The number of hydrogen-bond acceptors (Lipinski definition) is 3. The Kier molecular flexibility index (Phi) is 5.47. The summed E-state index contributed by atoms with van der Waals surface area (Å²) in [6.07, 6.45) is 0.495. The third-order valence-corrected chi connectivity index (χ3v) is 6.18. The number of nitriles is 1. The van der Waals surface area contributed by atoms with Crippen molar-refractivity contribution in [1.29, 1.82) is 5.26 Å². The Hall–Kier alpha value is -0.840. The normalized spacial score (nSPS) is 17.6. The van der Waals surface area contributed by atoms with Gasteiger partial charge in [0.05, 0.1) is 60.2 Å². The van der Waals surface area contributed by atoms with Crippen LogP contribution in [0, 0.1) is 11.3 Å². The highest BCUT2D eigenvalue weighted by Crippen LogP contribution is 2.26. The topological polar surface area (TPSA) is 65.6 Å². The highest BCUT2D eigenvalue weighted by molar-refractivity contribution is 7.89. The number of rotatable bonds is 4. The van der Waals surface area contributed by atoms with Gasteiger partial charge in [-0.1, -0.05) is 23.2 Å². The SMILES string of the molecule is N#CCC[NH+]1CCN(S(=O)(=O)c2ccc(Cl)c(Cl)c2)CC1. The van der Waals surface area contributed by atoms with Gasteiger partial charge in [0, 0.05) is 0 Å². The molecule has 0 aliphatic carbocycles. The summed E-state index contributed by atoms with van der Waals surface area (Å²) in [4.78, 5) is 1.43. The number of nitrogens with one attached hydrogen (secondary N) is 1. The molecule has 0 atom stereocenters. The minimum atomic E-state index is -3.53. The molecule has 0 radical (unpaired) electrons. The van der Waals surface area contributed by atoms with E-state index in [4.69, 9.17) is 28.5 Å². The first-order valence-electron chi connectivity index (χ1n) is 6.61. The summed E-state index contributed by atoms with van der Waals surface area (Å²) in [6, 6.07) is 6.46. The monoisotopic (exact) mass is 348 g/mol. The number of piperazine rings is 1. The second kappa shape index (κ2) is 6.95. The van der Waals surface area contributed by atoms with Crippen molar-refractivity contribution in [3.8, 4) is 6.07 Å². The van der Waals surface area contributed by atoms with Crippen molar-refractivity contribution in [2.75, 3.05) is 32.7 Å². The van der Waals surface area contributed by atoms with Crippen LogP contribution in [0.3, 0.4) is 0 Å². The average molecular weight is 349 g/mol. The Morgan fingerprint density at radius 3 is 2.48 bits per heavy atom. The zero-order chi connectivity index (χ0) is 15.5. The Morgan fingerprint density at radius 2 is 1.90 bits per heavy atom. The van der Waals surface area contributed by atoms with Crippen molar-refractivity contribution in [3.05, 3.63) is 28.2 Å². The van der Waals surface area contributed by atoms with Gasteiger partial charge in [0.2, 0.25) is 10.0 Å². The van der Waals surface area contributed by atoms with Crippen LogP contribution in [0.15, 0.2) is 23.1 Å². The summed E-state index contributed by atoms with van der Waals surface area (Å²) < 4.78 is 26.5. The van der Waals surface area contributed by atoms with E-state index in [1.54, 1.807) is 0 Å². The first-order chi connectivity index (χ1) is 9.95. The fraction of sp³-hybridized carbons (Fsp3) is 0.462. The molecular formula is C13H16Cl2N3O2S+. The van der Waals surface area contributed by atoms with Crippen LogP contribution in [0.2, 0.25) is 10.0 Å². The summed E-state index contributed by atoms with van der Waals surface area (Å²) in [5, 5.41) is 9.15. The van der Waals surface area contributed by atoms with E-state index in [1.165, 1.54) is 27.4 Å². The van der Waals surface area contributed by atoms with E-state index in [1.807, 2.05) is 0 Å². The largest absolute Gasteiger partial charge is 0.332 e. The summed E-state index contributed by atoms with van der Waals surface area (Å²) in [5.74, 6) is 0. The molecule has 0 amide bonds. The van der Waals surface area contributed by atoms with Gasteiger partial charge in [0.1, 0.15) is 0 Å². The predicted molar refractivity (Wildman–Crippen MR) is 81.0 cm³/mol. The number of benzene rings is 1. The van der Waals surface area contributed by atoms with E-state index in [9.17, 15) is 8.42 Å². The van der Waals surface area contributed by atoms with Crippen molar-refractivity contribution in [2.24, 2.45) is 0 Å². The zero-order valence-corrected chi connectivity index (χ0v) is 13.7. The maximum atomic E-state index is 12.5. The molecule has 1 aliphatic rings. The first-order valence-corrected chi connectivity index (χ1v) is 8.80. The molecule has 2 rings (SSSR count). The van der Waals surface area contributed by atoms with Crippen molar-refractivity contribution in [1.82, 2.24) is 4.31 Å². The van der Waals surface area contributed by atoms with Crippen LogP contribution in [0.4, 0.5) is 0 Å². The van der Waals surface area contributed by atoms with Crippen molar-refractivity contribution in [2.45, 2.75) is 11.3 Å². The van der Waals surface area contributed by atoms with Crippen molar-refractivity contribution >= 4 is 33.2 Å². The predicted octanol–water partition coefficient (Wildman–Crippen LogP) is 0.796. The average Bonchev–Trinajstić information content (AvgIpc) is 2.48. The quantitative estimate of drug-likeness (QED) is 0.874. The number of quaternary nitrogens is 1. The van der Waals surface area contributed by atoms with Gasteiger partial charge >= 0.3 is 0 Å². The fourth-order valence-corrected chi connectivity index (χ4v) is 4.14. The molecule has 114 valence electrons. The zero-order valence-electron chi connectivity index (χ0n) is 11.3. The van der Waals surface area contributed by atoms with Crippen molar-refractivity contribution in [3.63, 3.8) is 0 Å². The fourth-order valence-electron chi connectivity index (χ4n) is 2.31. The molecule has 1 aromatic rings. The standard InChI is InChI=1S/C13H15Cl2N3O2S/c14-12-3-2-11(10-13(12)15)21(19,20)18-8-6-17(7-9-18)5-1-4-16/h2-3,10H,1,5-9H2/p+1. The molecule has 8 heteroatoms. The second-order valence-electron chi connectivity index (χ2n) is 4.89. The molecule has 1 aromatic carbocycles. The van der Waals surface area contributed by atoms with Gasteiger partial charge in [-0.25, -0.2) is 8.42 Å². The highest BCUT2D eigenvalue weighted by Gasteiger charge is 2.30. The molecule has 0 unspecified atom stereocenters. The lowest BCUT2D eigenvalue weighted by molar-refractivity contribution is -0.903. The van der Waals surface area contributed by atoms with E-state index in [2.05, 4.69) is 6.07 Å². The van der Waals surface area contributed by atoms with Crippen LogP contribution in [0.25, 0.3) is 0 Å². The minimum absolute atomic E-state index is 0.164. The van der Waals surface area contributed by atoms with Crippen LogP contribution < -0.4 is 4.90 Å². The number of nitrogens with zero attached hydrogens (tertiary/aromatic N) is 2. The molecule has 0 bridgehead atoms. The molecule has 0 aromatic heterocycles. The summed E-state index contributed by atoms with van der Waals surface area (Å²) in [6.45, 7) is 3.08. The van der Waals surface area contributed by atoms with Gasteiger partial charge in [-0.05, 0) is 18.2 Å². The third kappa shape index (κ3) is 3.87. The number of halogens is 2. The lowest BCUT2D eigenvalue weighted by Gasteiger charge is -2.31. The van der Waals surface area contributed by atoms with Crippen molar-refractivity contribution < 1.29 is 13.3 Å². The third-order valence-electron chi connectivity index (χ3n) is 3.55. The molecule has 1 saturated heterocycles. The summed E-state index contributed by atoms with van der Waals surface area (Å²) >= 11 is 11.7. The minimum Gasteiger partial charge on any atom is -0.332 e. The smallest absolute Gasteiger partial charge is 0.243 e. The van der Waals surface area contributed by atoms with Gasteiger partial charge in [-0.2, -0.15) is 9.57 Å². The molecule has 1 N–H and O–H groups in total. The number of sulfonamides is 1. The van der Waals surface area contributed by atoms with Crippen LogP contribution >= 0.6 is 23.2 Å². The van der Waals surface area contributed by atoms with Gasteiger partial charge in [-0.15, -0.1) is 0 Å². The van der Waals surface area contributed by atoms with E-state index in [-0.39, 0.29) is 9.92 Å². The van der Waals surface area contributed by atoms with Gasteiger partial charge in [0.25, 0.3) is 0 Å². The Bertz CT molecular complexity index is 650. The van der Waals surface area contributed by atoms with E-state index in [0.29, 0.717) is 37.6 Å². The Labute approximate surface area is 134 Å². The molecule has 0 saturated carbocycles. The van der Waals surface area contributed by atoms with Crippen LogP contribution in [-0.4, -0.2) is 45.4 Å². The van der Waals surface area contributed by atoms with Gasteiger partial charge in [0.15, 0.2) is 0 Å². The Morgan fingerprint density at radius 1 is 1.24 bits per heavy atom. The number of hydrogen-bond donors (Lipinski definition) is 1. The van der Waals surface area contributed by atoms with E-state index in [0.717, 1.165) is 6.54 Å². The van der Waals surface area contributed by atoms with E-state index < -0.39 is 10.0 Å². The lowest BCUT2D eigenvalue weighted by Crippen LogP contribution is -3.14. The molecule has 5 nitrogen and oxygen atoms in total. The molecule has 21 heavy (non-hydrogen) atoms. The molecular weight excluding hydrogens is 333 g/mol. The van der Waals surface area contributed by atoms with Gasteiger partial charge < -0.3 is 4.90 Å². The van der Waals surface area contributed by atoms with Crippen LogP contribution in [0.1, 0.15) is 6.42 Å². The molecule has 1 fully saturated rings. The summed E-state index contributed by atoms with van der Waals surface area (Å²) in [5.41, 5.74) is 0. The molecule has 1 aliphatic heterocycles. The second-order valence-corrected chi connectivity index (χ2v) is 7.64. The first kappa shape index (κ1) is 16.5. The lowest BCUT2D eigenvalue weighted by atomic mass is 10.3. The van der Waals surface area contributed by atoms with Gasteiger partial charge in [-0.3, -0.25) is 0 Å². The Balaban J connectivity index is 2.08. The van der Waals surface area contributed by atoms with Crippen LogP contribution in [0.5, 0.6) is 0 Å². The molecule has 0 spiro atoms. The maximum absolute atomic E-state index is 12.5. The maximum Gasteiger partial charge on any atom is 0.243 e. The highest BCUT2D eigenvalue weighted by atomic mass is 35.5. The summed E-state index contributed by atoms with van der Waals surface area (Å²) in [7, 11) is -3.53.